The molecule has 0 aromatic heterocycles. The average Bonchev–Trinajstić information content (AvgIpc) is 2.46. The summed E-state index contributed by atoms with van der Waals surface area (Å²) < 4.78 is 13.8. The minimum atomic E-state index is -0.122. The van der Waals surface area contributed by atoms with Gasteiger partial charge in [0.1, 0.15) is 5.82 Å². The van der Waals surface area contributed by atoms with Gasteiger partial charge < -0.3 is 5.32 Å². The van der Waals surface area contributed by atoms with Crippen molar-refractivity contribution in [3.8, 4) is 0 Å². The second-order valence-electron chi connectivity index (χ2n) is 5.21. The minimum Gasteiger partial charge on any atom is -0.310 e. The summed E-state index contributed by atoms with van der Waals surface area (Å²) in [6, 6.07) is 15.7. The van der Waals surface area contributed by atoms with E-state index in [4.69, 9.17) is 0 Å². The van der Waals surface area contributed by atoms with Crippen LogP contribution in [0.25, 0.3) is 0 Å². The molecule has 0 aliphatic rings. The molecule has 0 amide bonds. The van der Waals surface area contributed by atoms with E-state index < -0.39 is 0 Å². The van der Waals surface area contributed by atoms with E-state index in [1.54, 1.807) is 6.07 Å². The normalized spacial score (nSPS) is 12.3. The first-order valence-electron chi connectivity index (χ1n) is 7.24. The summed E-state index contributed by atoms with van der Waals surface area (Å²) in [5, 5.41) is 3.51. The van der Waals surface area contributed by atoms with E-state index in [0.717, 1.165) is 18.5 Å². The van der Waals surface area contributed by atoms with Gasteiger partial charge in [-0.25, -0.2) is 4.39 Å². The summed E-state index contributed by atoms with van der Waals surface area (Å²) in [6.07, 6.45) is 1.75. The topological polar surface area (TPSA) is 12.0 Å². The number of aryl methyl sites for hydroxylation is 1. The Morgan fingerprint density at radius 2 is 1.75 bits per heavy atom. The third-order valence-corrected chi connectivity index (χ3v) is 3.50. The van der Waals surface area contributed by atoms with Gasteiger partial charge in [-0.05, 0) is 43.5 Å². The van der Waals surface area contributed by atoms with E-state index in [1.807, 2.05) is 12.1 Å². The van der Waals surface area contributed by atoms with Gasteiger partial charge in [0.15, 0.2) is 0 Å². The summed E-state index contributed by atoms with van der Waals surface area (Å²) in [4.78, 5) is 0. The predicted octanol–water partition coefficient (Wildman–Crippen LogP) is 4.42. The van der Waals surface area contributed by atoms with Crippen LogP contribution in [0, 0.1) is 12.7 Å². The highest BCUT2D eigenvalue weighted by Gasteiger charge is 2.13. The number of rotatable bonds is 6. The first-order chi connectivity index (χ1) is 9.70. The molecule has 2 rings (SSSR count). The summed E-state index contributed by atoms with van der Waals surface area (Å²) >= 11 is 0. The van der Waals surface area contributed by atoms with Crippen LogP contribution in [0.3, 0.4) is 0 Å². The van der Waals surface area contributed by atoms with Crippen LogP contribution >= 0.6 is 0 Å². The molecular weight excluding hydrogens is 249 g/mol. The summed E-state index contributed by atoms with van der Waals surface area (Å²) in [7, 11) is 0. The van der Waals surface area contributed by atoms with Gasteiger partial charge in [-0.15, -0.1) is 0 Å². The molecule has 0 heterocycles. The van der Waals surface area contributed by atoms with E-state index >= 15 is 0 Å². The highest BCUT2D eigenvalue weighted by Crippen LogP contribution is 2.20. The Balaban J connectivity index is 2.19. The molecule has 1 unspecified atom stereocenters. The molecule has 0 bridgehead atoms. The fourth-order valence-electron chi connectivity index (χ4n) is 2.31. The Hall–Kier alpha value is -1.67. The van der Waals surface area contributed by atoms with E-state index in [-0.39, 0.29) is 11.9 Å². The predicted molar refractivity (Wildman–Crippen MR) is 82.3 cm³/mol. The molecule has 0 aliphatic carbocycles. The molecule has 0 radical (unpaired) electrons. The van der Waals surface area contributed by atoms with Gasteiger partial charge >= 0.3 is 0 Å². The van der Waals surface area contributed by atoms with Crippen molar-refractivity contribution in [2.75, 3.05) is 6.54 Å². The molecule has 0 spiro atoms. The standard InChI is InChI=1S/C18H22FN/c1-3-12-20-18(15-10-8-14(2)9-11-15)13-16-6-4-5-7-17(16)19/h4-11,18,20H,3,12-13H2,1-2H3. The molecule has 0 saturated heterocycles. The Kier molecular flexibility index (Phi) is 5.31. The van der Waals surface area contributed by atoms with Gasteiger partial charge in [-0.1, -0.05) is 55.0 Å². The second kappa shape index (κ2) is 7.20. The lowest BCUT2D eigenvalue weighted by atomic mass is 9.97. The zero-order valence-electron chi connectivity index (χ0n) is 12.2. The van der Waals surface area contributed by atoms with Gasteiger partial charge in [0.2, 0.25) is 0 Å². The number of hydrogen-bond donors (Lipinski definition) is 1. The first-order valence-corrected chi connectivity index (χ1v) is 7.24. The van der Waals surface area contributed by atoms with Crippen LogP contribution < -0.4 is 5.32 Å². The number of benzene rings is 2. The number of halogens is 1. The minimum absolute atomic E-state index is 0.122. The molecule has 2 aromatic carbocycles. The quantitative estimate of drug-likeness (QED) is 0.820. The molecule has 20 heavy (non-hydrogen) atoms. The lowest BCUT2D eigenvalue weighted by Gasteiger charge is -2.19. The van der Waals surface area contributed by atoms with Gasteiger partial charge in [-0.3, -0.25) is 0 Å². The lowest BCUT2D eigenvalue weighted by Crippen LogP contribution is -2.24. The molecule has 1 nitrogen and oxygen atoms in total. The van der Waals surface area contributed by atoms with Crippen LogP contribution in [-0.2, 0) is 6.42 Å². The van der Waals surface area contributed by atoms with Crippen LogP contribution in [0.2, 0.25) is 0 Å². The highest BCUT2D eigenvalue weighted by molar-refractivity contribution is 5.27. The molecule has 1 N–H and O–H groups in total. The van der Waals surface area contributed by atoms with Crippen molar-refractivity contribution in [1.29, 1.82) is 0 Å². The first kappa shape index (κ1) is 14.7. The average molecular weight is 271 g/mol. The maximum atomic E-state index is 13.8. The largest absolute Gasteiger partial charge is 0.310 e. The van der Waals surface area contributed by atoms with E-state index in [9.17, 15) is 4.39 Å². The molecule has 106 valence electrons. The summed E-state index contributed by atoms with van der Waals surface area (Å²) in [5.74, 6) is -0.122. The second-order valence-corrected chi connectivity index (χ2v) is 5.21. The van der Waals surface area contributed by atoms with Crippen molar-refractivity contribution in [3.05, 3.63) is 71.0 Å². The van der Waals surface area contributed by atoms with Crippen LogP contribution in [0.1, 0.15) is 36.1 Å². The van der Waals surface area contributed by atoms with Crippen LogP contribution in [0.5, 0.6) is 0 Å². The van der Waals surface area contributed by atoms with Crippen molar-refractivity contribution in [2.45, 2.75) is 32.7 Å². The third-order valence-electron chi connectivity index (χ3n) is 3.50. The SMILES string of the molecule is CCCNC(Cc1ccccc1F)c1ccc(C)cc1. The van der Waals surface area contributed by atoms with Crippen LogP contribution in [-0.4, -0.2) is 6.54 Å². The number of hydrogen-bond acceptors (Lipinski definition) is 1. The molecule has 2 aromatic rings. The molecule has 0 aliphatic heterocycles. The Morgan fingerprint density at radius 3 is 2.40 bits per heavy atom. The van der Waals surface area contributed by atoms with Crippen LogP contribution in [0.4, 0.5) is 4.39 Å². The van der Waals surface area contributed by atoms with Crippen molar-refractivity contribution in [2.24, 2.45) is 0 Å². The monoisotopic (exact) mass is 271 g/mol. The molecule has 1 atom stereocenters. The zero-order chi connectivity index (χ0) is 14.4. The van der Waals surface area contributed by atoms with Gasteiger partial charge in [0, 0.05) is 6.04 Å². The Morgan fingerprint density at radius 1 is 1.05 bits per heavy atom. The van der Waals surface area contributed by atoms with E-state index in [1.165, 1.54) is 17.2 Å². The fraction of sp³-hybridized carbons (Fsp3) is 0.333. The number of nitrogens with one attached hydrogen (secondary N) is 1. The smallest absolute Gasteiger partial charge is 0.126 e. The van der Waals surface area contributed by atoms with Gasteiger partial charge in [0.25, 0.3) is 0 Å². The maximum Gasteiger partial charge on any atom is 0.126 e. The highest BCUT2D eigenvalue weighted by atomic mass is 19.1. The van der Waals surface area contributed by atoms with Crippen molar-refractivity contribution >= 4 is 0 Å². The van der Waals surface area contributed by atoms with Crippen molar-refractivity contribution < 1.29 is 4.39 Å². The van der Waals surface area contributed by atoms with E-state index in [2.05, 4.69) is 43.4 Å². The Labute approximate surface area is 120 Å². The molecule has 0 fully saturated rings. The maximum absolute atomic E-state index is 13.8. The van der Waals surface area contributed by atoms with Gasteiger partial charge in [-0.2, -0.15) is 0 Å². The summed E-state index contributed by atoms with van der Waals surface area (Å²) in [5.41, 5.74) is 3.22. The Bertz CT molecular complexity index is 533. The molecular formula is C18H22FN. The lowest BCUT2D eigenvalue weighted by molar-refractivity contribution is 0.513. The van der Waals surface area contributed by atoms with Gasteiger partial charge in [0.05, 0.1) is 0 Å². The molecule has 2 heteroatoms. The molecule has 0 saturated carbocycles. The van der Waals surface area contributed by atoms with Crippen molar-refractivity contribution in [1.82, 2.24) is 5.32 Å². The summed E-state index contributed by atoms with van der Waals surface area (Å²) in [6.45, 7) is 5.16. The third kappa shape index (κ3) is 3.91. The van der Waals surface area contributed by atoms with Crippen LogP contribution in [0.15, 0.2) is 48.5 Å². The van der Waals surface area contributed by atoms with E-state index in [0.29, 0.717) is 6.42 Å². The fourth-order valence-corrected chi connectivity index (χ4v) is 2.31. The van der Waals surface area contributed by atoms with Crippen molar-refractivity contribution in [3.63, 3.8) is 0 Å². The zero-order valence-corrected chi connectivity index (χ0v) is 12.2.